The summed E-state index contributed by atoms with van der Waals surface area (Å²) in [7, 11) is 0. The van der Waals surface area contributed by atoms with Gasteiger partial charge >= 0.3 is 5.97 Å². The first-order valence-electron chi connectivity index (χ1n) is 10.9. The number of furan rings is 1. The maximum Gasteiger partial charge on any atom is 0.338 e. The van der Waals surface area contributed by atoms with Crippen LogP contribution in [0.3, 0.4) is 0 Å². The van der Waals surface area contributed by atoms with Crippen LogP contribution < -0.4 is 10.2 Å². The zero-order valence-corrected chi connectivity index (χ0v) is 18.9. The van der Waals surface area contributed by atoms with Crippen molar-refractivity contribution in [3.8, 4) is 0 Å². The van der Waals surface area contributed by atoms with Crippen molar-refractivity contribution in [3.05, 3.63) is 47.0 Å². The molecule has 1 amide bonds. The highest BCUT2D eigenvalue weighted by molar-refractivity contribution is 5.96. The summed E-state index contributed by atoms with van der Waals surface area (Å²) in [4.78, 5) is 36.3. The molecule has 0 saturated carbocycles. The number of carbonyl (C=O) groups is 2. The molecule has 0 spiro atoms. The normalized spacial score (nSPS) is 16.2. The number of aryl methyl sites for hydroxylation is 3. The van der Waals surface area contributed by atoms with E-state index >= 15 is 0 Å². The van der Waals surface area contributed by atoms with Crippen LogP contribution in [0.4, 0.5) is 11.5 Å². The molecule has 3 aromatic rings. The van der Waals surface area contributed by atoms with E-state index < -0.39 is 5.97 Å². The predicted molar refractivity (Wildman–Crippen MR) is 122 cm³/mol. The molecule has 1 N–H and O–H groups in total. The molecule has 8 nitrogen and oxygen atoms in total. The van der Waals surface area contributed by atoms with E-state index in [-0.39, 0.29) is 11.8 Å². The molecule has 0 aliphatic carbocycles. The van der Waals surface area contributed by atoms with E-state index in [2.05, 4.69) is 15.2 Å². The topological polar surface area (TPSA) is 97.6 Å². The fourth-order valence-corrected chi connectivity index (χ4v) is 4.13. The van der Waals surface area contributed by atoms with Crippen LogP contribution in [0.25, 0.3) is 11.1 Å². The Balaban J connectivity index is 1.53. The molecular formula is C24H28N4O4. The van der Waals surface area contributed by atoms with Gasteiger partial charge in [-0.1, -0.05) is 6.07 Å². The number of carbonyl (C=O) groups excluding carboxylic acids is 2. The van der Waals surface area contributed by atoms with Crippen LogP contribution in [0.15, 0.2) is 28.7 Å². The first-order chi connectivity index (χ1) is 15.4. The first-order valence-corrected chi connectivity index (χ1v) is 10.9. The van der Waals surface area contributed by atoms with Crippen molar-refractivity contribution in [2.24, 2.45) is 5.92 Å². The molecule has 32 heavy (non-hydrogen) atoms. The second-order valence-electron chi connectivity index (χ2n) is 8.13. The van der Waals surface area contributed by atoms with E-state index in [1.54, 1.807) is 31.2 Å². The Labute approximate surface area is 187 Å². The lowest BCUT2D eigenvalue weighted by atomic mass is 9.96. The van der Waals surface area contributed by atoms with Gasteiger partial charge in [0.1, 0.15) is 17.4 Å². The van der Waals surface area contributed by atoms with Crippen LogP contribution in [-0.2, 0) is 9.53 Å². The zero-order chi connectivity index (χ0) is 22.8. The van der Waals surface area contributed by atoms with Crippen LogP contribution in [0.2, 0.25) is 0 Å². The number of aromatic nitrogens is 2. The summed E-state index contributed by atoms with van der Waals surface area (Å²) in [5.74, 6) is 1.62. The van der Waals surface area contributed by atoms with Crippen molar-refractivity contribution in [2.45, 2.75) is 40.5 Å². The van der Waals surface area contributed by atoms with E-state index in [0.29, 0.717) is 35.9 Å². The van der Waals surface area contributed by atoms with E-state index in [0.717, 1.165) is 41.9 Å². The van der Waals surface area contributed by atoms with Crippen LogP contribution in [0.1, 0.15) is 47.3 Å². The zero-order valence-electron chi connectivity index (χ0n) is 18.9. The molecule has 168 valence electrons. The number of anilines is 2. The van der Waals surface area contributed by atoms with Gasteiger partial charge in [0.25, 0.3) is 0 Å². The maximum absolute atomic E-state index is 13.0. The number of nitrogens with one attached hydrogen (secondary N) is 1. The highest BCUT2D eigenvalue weighted by Crippen LogP contribution is 2.33. The Morgan fingerprint density at radius 3 is 2.84 bits per heavy atom. The summed E-state index contributed by atoms with van der Waals surface area (Å²) < 4.78 is 10.9. The molecule has 1 unspecified atom stereocenters. The van der Waals surface area contributed by atoms with Gasteiger partial charge in [-0.15, -0.1) is 0 Å². The fraction of sp³-hybridized carbons (Fsp3) is 0.417. The number of esters is 1. The van der Waals surface area contributed by atoms with Gasteiger partial charge in [0.2, 0.25) is 11.6 Å². The minimum Gasteiger partial charge on any atom is -0.462 e. The molecule has 2 aromatic heterocycles. The Morgan fingerprint density at radius 2 is 2.06 bits per heavy atom. The van der Waals surface area contributed by atoms with Crippen LogP contribution in [0.5, 0.6) is 0 Å². The van der Waals surface area contributed by atoms with Crippen molar-refractivity contribution in [2.75, 3.05) is 29.9 Å². The largest absolute Gasteiger partial charge is 0.462 e. The van der Waals surface area contributed by atoms with Crippen molar-refractivity contribution < 1.29 is 18.7 Å². The van der Waals surface area contributed by atoms with Crippen LogP contribution >= 0.6 is 0 Å². The highest BCUT2D eigenvalue weighted by Gasteiger charge is 2.29. The molecule has 0 radical (unpaired) electrons. The SMILES string of the molecule is CCOC(=O)c1cccc(NC(=O)C2CCCN(c3nc(C)nc4oc(C)c(C)c34)C2)c1. The van der Waals surface area contributed by atoms with Crippen LogP contribution in [0, 0.1) is 26.7 Å². The number of ether oxygens (including phenoxy) is 1. The predicted octanol–water partition coefficient (Wildman–Crippen LogP) is 4.18. The van der Waals surface area contributed by atoms with Crippen molar-refractivity contribution in [1.82, 2.24) is 9.97 Å². The monoisotopic (exact) mass is 436 g/mol. The number of hydrogen-bond acceptors (Lipinski definition) is 7. The molecule has 1 aliphatic rings. The standard InChI is InChI=1S/C24H28N4O4/c1-5-31-24(30)17-8-6-10-19(12-17)27-22(29)18-9-7-11-28(13-18)21-20-14(2)15(3)32-23(20)26-16(4)25-21/h6,8,10,12,18H,5,7,9,11,13H2,1-4H3,(H,27,29). The number of piperidine rings is 1. The Kier molecular flexibility index (Phi) is 6.12. The lowest BCUT2D eigenvalue weighted by Gasteiger charge is -2.33. The molecule has 4 rings (SSSR count). The second kappa shape index (κ2) is 8.98. The Bertz CT molecular complexity index is 1170. The molecule has 8 heteroatoms. The highest BCUT2D eigenvalue weighted by atomic mass is 16.5. The van der Waals surface area contributed by atoms with Gasteiger partial charge in [-0.2, -0.15) is 4.98 Å². The molecule has 3 heterocycles. The number of fused-ring (bicyclic) bond motifs is 1. The molecule has 0 bridgehead atoms. The molecule has 1 atom stereocenters. The summed E-state index contributed by atoms with van der Waals surface area (Å²) in [5, 5.41) is 3.87. The number of rotatable bonds is 5. The fourth-order valence-electron chi connectivity index (χ4n) is 4.13. The van der Waals surface area contributed by atoms with Gasteiger partial charge in [-0.3, -0.25) is 4.79 Å². The van der Waals surface area contributed by atoms with E-state index in [9.17, 15) is 9.59 Å². The Morgan fingerprint density at radius 1 is 1.25 bits per heavy atom. The van der Waals surface area contributed by atoms with Crippen molar-refractivity contribution >= 4 is 34.5 Å². The summed E-state index contributed by atoms with van der Waals surface area (Å²) in [6.45, 7) is 9.22. The van der Waals surface area contributed by atoms with Crippen molar-refractivity contribution in [1.29, 1.82) is 0 Å². The lowest BCUT2D eigenvalue weighted by Crippen LogP contribution is -2.41. The molecular weight excluding hydrogens is 408 g/mol. The smallest absolute Gasteiger partial charge is 0.338 e. The average molecular weight is 437 g/mol. The van der Waals surface area contributed by atoms with Gasteiger partial charge in [0, 0.05) is 24.3 Å². The van der Waals surface area contributed by atoms with Gasteiger partial charge in [-0.25, -0.2) is 9.78 Å². The lowest BCUT2D eigenvalue weighted by molar-refractivity contribution is -0.120. The van der Waals surface area contributed by atoms with E-state index in [4.69, 9.17) is 14.1 Å². The van der Waals surface area contributed by atoms with E-state index in [1.807, 2.05) is 20.8 Å². The summed E-state index contributed by atoms with van der Waals surface area (Å²) in [5.41, 5.74) is 2.61. The van der Waals surface area contributed by atoms with Gasteiger partial charge in [0.05, 0.1) is 23.5 Å². The first kappa shape index (κ1) is 21.8. The van der Waals surface area contributed by atoms with Gasteiger partial charge in [0.15, 0.2) is 0 Å². The van der Waals surface area contributed by atoms with E-state index in [1.165, 1.54) is 0 Å². The minimum absolute atomic E-state index is 0.0715. The molecule has 1 saturated heterocycles. The third-order valence-electron chi connectivity index (χ3n) is 5.85. The summed E-state index contributed by atoms with van der Waals surface area (Å²) in [6, 6.07) is 6.83. The van der Waals surface area contributed by atoms with Gasteiger partial charge < -0.3 is 19.4 Å². The molecule has 1 fully saturated rings. The average Bonchev–Trinajstić information content (AvgIpc) is 3.06. The van der Waals surface area contributed by atoms with Gasteiger partial charge in [-0.05, 0) is 58.7 Å². The minimum atomic E-state index is -0.402. The maximum atomic E-state index is 13.0. The number of hydrogen-bond donors (Lipinski definition) is 1. The number of nitrogens with zero attached hydrogens (tertiary/aromatic N) is 3. The Hall–Kier alpha value is -3.42. The second-order valence-corrected chi connectivity index (χ2v) is 8.13. The third kappa shape index (κ3) is 4.30. The summed E-state index contributed by atoms with van der Waals surface area (Å²) in [6.07, 6.45) is 1.66. The molecule has 1 aromatic carbocycles. The molecule has 1 aliphatic heterocycles. The quantitative estimate of drug-likeness (QED) is 0.599. The van der Waals surface area contributed by atoms with Crippen molar-refractivity contribution in [3.63, 3.8) is 0 Å². The number of amides is 1. The third-order valence-corrected chi connectivity index (χ3v) is 5.85. The summed E-state index contributed by atoms with van der Waals surface area (Å²) >= 11 is 0. The van der Waals surface area contributed by atoms with Crippen LogP contribution in [-0.4, -0.2) is 41.5 Å². The number of benzene rings is 1.